The molecule has 2 aromatic carbocycles. The Morgan fingerprint density at radius 1 is 1.03 bits per heavy atom. The Balaban J connectivity index is 1.50. The molecule has 1 aromatic heterocycles. The Hall–Kier alpha value is -3.09. The third kappa shape index (κ3) is 7.20. The number of hydrogen-bond acceptors (Lipinski definition) is 5. The smallest absolute Gasteiger partial charge is 0.139 e. The molecule has 0 atom stereocenters. The molecule has 1 aliphatic heterocycles. The summed E-state index contributed by atoms with van der Waals surface area (Å²) in [5.74, 6) is 0.696. The van der Waals surface area contributed by atoms with Crippen LogP contribution in [-0.4, -0.2) is 60.4 Å². The van der Waals surface area contributed by atoms with E-state index < -0.39 is 0 Å². The molecule has 0 bridgehead atoms. The van der Waals surface area contributed by atoms with Gasteiger partial charge in [-0.15, -0.1) is 0 Å². The van der Waals surface area contributed by atoms with Crippen LogP contribution >= 0.6 is 0 Å². The van der Waals surface area contributed by atoms with Crippen LogP contribution in [0.2, 0.25) is 0 Å². The number of rotatable bonds is 10. The molecule has 4 rings (SSSR count). The number of carbonyl (C=O) groups is 1. The molecule has 3 aromatic rings. The van der Waals surface area contributed by atoms with Gasteiger partial charge in [-0.2, -0.15) is 0 Å². The fourth-order valence-electron chi connectivity index (χ4n) is 4.41. The number of aryl methyl sites for hydroxylation is 1. The van der Waals surface area contributed by atoms with Crippen LogP contribution in [0, 0.1) is 5.82 Å². The lowest BCUT2D eigenvalue weighted by molar-refractivity contribution is -0.118. The zero-order valence-electron chi connectivity index (χ0n) is 20.7. The van der Waals surface area contributed by atoms with E-state index >= 15 is 0 Å². The molecule has 1 aliphatic rings. The highest BCUT2D eigenvalue weighted by Crippen LogP contribution is 2.27. The molecule has 0 radical (unpaired) electrons. The first-order chi connectivity index (χ1) is 17.0. The van der Waals surface area contributed by atoms with Crippen molar-refractivity contribution < 1.29 is 13.9 Å². The average molecular weight is 476 g/mol. The van der Waals surface area contributed by atoms with Crippen LogP contribution in [0.4, 0.5) is 4.39 Å². The standard InChI is InChI=1S/C29H34FN3O2/c1-3-35-27-12-8-23(9-13-27)28-14-10-25(31-29(28)21-33-17-15-32(2)16-18-33)20-26(34)11-7-22-5-4-6-24(30)19-22/h4-6,8-10,12-14,19H,3,7,11,15-18,20-21H2,1-2H3. The topological polar surface area (TPSA) is 45.7 Å². The Morgan fingerprint density at radius 3 is 2.51 bits per heavy atom. The Bertz CT molecular complexity index is 1130. The summed E-state index contributed by atoms with van der Waals surface area (Å²) in [6, 6.07) is 18.6. The number of nitrogens with zero attached hydrogens (tertiary/aromatic N) is 3. The molecule has 0 unspecified atom stereocenters. The van der Waals surface area contributed by atoms with Crippen molar-refractivity contribution in [3.63, 3.8) is 0 Å². The first-order valence-corrected chi connectivity index (χ1v) is 12.4. The zero-order chi connectivity index (χ0) is 24.6. The van der Waals surface area contributed by atoms with Crippen LogP contribution in [0.15, 0.2) is 60.7 Å². The summed E-state index contributed by atoms with van der Waals surface area (Å²) in [6.45, 7) is 7.44. The summed E-state index contributed by atoms with van der Waals surface area (Å²) in [5, 5.41) is 0. The molecule has 0 N–H and O–H groups in total. The van der Waals surface area contributed by atoms with Crippen LogP contribution in [0.1, 0.15) is 30.3 Å². The van der Waals surface area contributed by atoms with Gasteiger partial charge in [-0.3, -0.25) is 14.7 Å². The number of pyridine rings is 1. The van der Waals surface area contributed by atoms with Gasteiger partial charge in [0.15, 0.2) is 0 Å². The van der Waals surface area contributed by atoms with E-state index in [4.69, 9.17) is 9.72 Å². The van der Waals surface area contributed by atoms with Gasteiger partial charge in [0.2, 0.25) is 0 Å². The van der Waals surface area contributed by atoms with Gasteiger partial charge in [-0.1, -0.05) is 30.3 Å². The minimum atomic E-state index is -0.268. The maximum absolute atomic E-state index is 13.4. The van der Waals surface area contributed by atoms with E-state index in [0.717, 1.165) is 66.6 Å². The average Bonchev–Trinajstić information content (AvgIpc) is 2.85. The van der Waals surface area contributed by atoms with Gasteiger partial charge in [-0.05, 0) is 61.9 Å². The van der Waals surface area contributed by atoms with E-state index in [1.165, 1.54) is 12.1 Å². The van der Waals surface area contributed by atoms with Crippen molar-refractivity contribution in [2.24, 2.45) is 0 Å². The number of ketones is 1. The molecule has 0 spiro atoms. The number of Topliss-reactive ketones (excluding diaryl/α,β-unsaturated/α-hetero) is 1. The number of hydrogen-bond donors (Lipinski definition) is 0. The molecule has 0 aliphatic carbocycles. The molecule has 2 heterocycles. The van der Waals surface area contributed by atoms with E-state index in [-0.39, 0.29) is 18.0 Å². The highest BCUT2D eigenvalue weighted by Gasteiger charge is 2.18. The van der Waals surface area contributed by atoms with E-state index in [9.17, 15) is 9.18 Å². The van der Waals surface area contributed by atoms with Crippen molar-refractivity contribution in [1.29, 1.82) is 0 Å². The maximum Gasteiger partial charge on any atom is 0.139 e. The van der Waals surface area contributed by atoms with Crippen LogP contribution < -0.4 is 4.74 Å². The van der Waals surface area contributed by atoms with Crippen molar-refractivity contribution >= 4 is 5.78 Å². The second kappa shape index (κ2) is 12.0. The minimum absolute atomic E-state index is 0.112. The summed E-state index contributed by atoms with van der Waals surface area (Å²) in [6.07, 6.45) is 1.20. The Labute approximate surface area is 207 Å². The summed E-state index contributed by atoms with van der Waals surface area (Å²) < 4.78 is 19.0. The largest absolute Gasteiger partial charge is 0.494 e. The van der Waals surface area contributed by atoms with Gasteiger partial charge in [0, 0.05) is 56.8 Å². The maximum atomic E-state index is 13.4. The van der Waals surface area contributed by atoms with Gasteiger partial charge in [0.1, 0.15) is 17.3 Å². The summed E-state index contributed by atoms with van der Waals surface area (Å²) in [5.41, 5.74) is 4.80. The molecular formula is C29H34FN3O2. The van der Waals surface area contributed by atoms with Gasteiger partial charge in [-0.25, -0.2) is 4.39 Å². The Kier molecular flexibility index (Phi) is 8.61. The summed E-state index contributed by atoms with van der Waals surface area (Å²) in [7, 11) is 2.15. The number of ether oxygens (including phenoxy) is 1. The first-order valence-electron chi connectivity index (χ1n) is 12.4. The van der Waals surface area contributed by atoms with Gasteiger partial charge >= 0.3 is 0 Å². The number of likely N-dealkylation sites (N-methyl/N-ethyl adjacent to an activating group) is 1. The van der Waals surface area contributed by atoms with Crippen molar-refractivity contribution in [2.45, 2.75) is 32.7 Å². The number of piperazine rings is 1. The molecule has 6 heteroatoms. The number of aromatic nitrogens is 1. The fourth-order valence-corrected chi connectivity index (χ4v) is 4.41. The summed E-state index contributed by atoms with van der Waals surface area (Å²) >= 11 is 0. The van der Waals surface area contributed by atoms with Crippen molar-refractivity contribution in [3.05, 3.63) is 83.4 Å². The van der Waals surface area contributed by atoms with Gasteiger partial charge < -0.3 is 9.64 Å². The molecular weight excluding hydrogens is 441 g/mol. The lowest BCUT2D eigenvalue weighted by Crippen LogP contribution is -2.44. The van der Waals surface area contributed by atoms with E-state index in [1.54, 1.807) is 6.07 Å². The number of benzene rings is 2. The van der Waals surface area contributed by atoms with Crippen LogP contribution in [0.3, 0.4) is 0 Å². The number of halogens is 1. The van der Waals surface area contributed by atoms with E-state index in [2.05, 4.69) is 35.0 Å². The minimum Gasteiger partial charge on any atom is -0.494 e. The SMILES string of the molecule is CCOc1ccc(-c2ccc(CC(=O)CCc3cccc(F)c3)nc2CN2CCN(C)CC2)cc1. The van der Waals surface area contributed by atoms with Crippen molar-refractivity contribution in [1.82, 2.24) is 14.8 Å². The molecule has 0 saturated carbocycles. The second-order valence-electron chi connectivity index (χ2n) is 9.18. The predicted molar refractivity (Wildman–Crippen MR) is 137 cm³/mol. The lowest BCUT2D eigenvalue weighted by atomic mass is 10.0. The molecule has 5 nitrogen and oxygen atoms in total. The fraction of sp³-hybridized carbons (Fsp3) is 0.379. The van der Waals surface area contributed by atoms with Crippen LogP contribution in [0.5, 0.6) is 5.75 Å². The van der Waals surface area contributed by atoms with Crippen LogP contribution in [0.25, 0.3) is 11.1 Å². The monoisotopic (exact) mass is 475 g/mol. The normalized spacial score (nSPS) is 14.7. The van der Waals surface area contributed by atoms with E-state index in [0.29, 0.717) is 19.4 Å². The highest BCUT2D eigenvalue weighted by atomic mass is 19.1. The van der Waals surface area contributed by atoms with Crippen molar-refractivity contribution in [2.75, 3.05) is 39.8 Å². The zero-order valence-corrected chi connectivity index (χ0v) is 20.7. The predicted octanol–water partition coefficient (Wildman–Crippen LogP) is 4.78. The first kappa shape index (κ1) is 25.0. The quantitative estimate of drug-likeness (QED) is 0.422. The van der Waals surface area contributed by atoms with E-state index in [1.807, 2.05) is 31.2 Å². The third-order valence-electron chi connectivity index (χ3n) is 6.44. The lowest BCUT2D eigenvalue weighted by Gasteiger charge is -2.32. The van der Waals surface area contributed by atoms with Crippen molar-refractivity contribution in [3.8, 4) is 16.9 Å². The molecule has 184 valence electrons. The number of carbonyl (C=O) groups excluding carboxylic acids is 1. The summed E-state index contributed by atoms with van der Waals surface area (Å²) in [4.78, 5) is 22.4. The second-order valence-corrected chi connectivity index (χ2v) is 9.18. The molecule has 0 amide bonds. The molecule has 1 fully saturated rings. The highest BCUT2D eigenvalue weighted by molar-refractivity contribution is 5.81. The Morgan fingerprint density at radius 2 is 1.80 bits per heavy atom. The molecule has 35 heavy (non-hydrogen) atoms. The van der Waals surface area contributed by atoms with Crippen LogP contribution in [-0.2, 0) is 24.2 Å². The van der Waals surface area contributed by atoms with Gasteiger partial charge in [0.25, 0.3) is 0 Å². The van der Waals surface area contributed by atoms with Gasteiger partial charge in [0.05, 0.1) is 12.3 Å². The third-order valence-corrected chi connectivity index (χ3v) is 6.44. The molecule has 1 saturated heterocycles.